The molecule has 6 nitrogen and oxygen atoms in total. The quantitative estimate of drug-likeness (QED) is 0.757. The first kappa shape index (κ1) is 14.9. The molecule has 6 heteroatoms. The summed E-state index contributed by atoms with van der Waals surface area (Å²) in [5.74, 6) is -1.45. The van der Waals surface area contributed by atoms with Gasteiger partial charge in [-0.3, -0.25) is 14.4 Å². The molecule has 0 aromatic carbocycles. The van der Waals surface area contributed by atoms with Gasteiger partial charge in [0.2, 0.25) is 0 Å². The van der Waals surface area contributed by atoms with Crippen LogP contribution in [0, 0.1) is 0 Å². The number of Topliss-reactive ketones (excluding diaryl/α,β-unsaturated/α-hetero) is 1. The normalized spacial score (nSPS) is 11.9. The van der Waals surface area contributed by atoms with Crippen molar-refractivity contribution in [3.05, 3.63) is 23.5 Å². The van der Waals surface area contributed by atoms with Gasteiger partial charge in [0, 0.05) is 24.8 Å². The molecule has 0 aliphatic heterocycles. The number of aliphatic carboxylic acids is 1. The minimum Gasteiger partial charge on any atom is -0.481 e. The van der Waals surface area contributed by atoms with E-state index >= 15 is 0 Å². The summed E-state index contributed by atoms with van der Waals surface area (Å²) in [4.78, 5) is 33.9. The highest BCUT2D eigenvalue weighted by Gasteiger charge is 2.18. The molecule has 19 heavy (non-hydrogen) atoms. The zero-order chi connectivity index (χ0) is 14.6. The molecule has 0 radical (unpaired) electrons. The highest BCUT2D eigenvalue weighted by Crippen LogP contribution is 2.09. The molecule has 1 unspecified atom stereocenters. The fourth-order valence-corrected chi connectivity index (χ4v) is 1.75. The molecule has 104 valence electrons. The van der Waals surface area contributed by atoms with E-state index in [0.29, 0.717) is 17.7 Å². The maximum absolute atomic E-state index is 12.0. The SMILES string of the molecule is CCC(CC(=O)O)NC(=O)c1cc(C(C)=O)cn1C. The van der Waals surface area contributed by atoms with Gasteiger partial charge in [-0.25, -0.2) is 0 Å². The first-order valence-electron chi connectivity index (χ1n) is 6.05. The zero-order valence-corrected chi connectivity index (χ0v) is 11.3. The third kappa shape index (κ3) is 3.94. The number of carbonyl (C=O) groups excluding carboxylic acids is 2. The van der Waals surface area contributed by atoms with E-state index in [0.717, 1.165) is 0 Å². The Morgan fingerprint density at radius 3 is 2.47 bits per heavy atom. The van der Waals surface area contributed by atoms with Gasteiger partial charge in [-0.2, -0.15) is 0 Å². The van der Waals surface area contributed by atoms with Gasteiger partial charge in [0.25, 0.3) is 5.91 Å². The highest BCUT2D eigenvalue weighted by atomic mass is 16.4. The Labute approximate surface area is 111 Å². The second kappa shape index (κ2) is 6.17. The summed E-state index contributed by atoms with van der Waals surface area (Å²) >= 11 is 0. The summed E-state index contributed by atoms with van der Waals surface area (Å²) in [6.45, 7) is 3.23. The number of hydrogen-bond donors (Lipinski definition) is 2. The molecule has 0 fully saturated rings. The number of amides is 1. The standard InChI is InChI=1S/C13H18N2O4/c1-4-10(6-12(17)18)14-13(19)11-5-9(8(2)16)7-15(11)3/h5,7,10H,4,6H2,1-3H3,(H,14,19)(H,17,18). The minimum absolute atomic E-state index is 0.118. The van der Waals surface area contributed by atoms with Crippen molar-refractivity contribution in [2.45, 2.75) is 32.7 Å². The van der Waals surface area contributed by atoms with E-state index in [2.05, 4.69) is 5.32 Å². The van der Waals surface area contributed by atoms with Gasteiger partial charge in [0.1, 0.15) is 5.69 Å². The summed E-state index contributed by atoms with van der Waals surface area (Å²) in [6, 6.07) is 1.09. The number of nitrogens with one attached hydrogen (secondary N) is 1. The lowest BCUT2D eigenvalue weighted by Crippen LogP contribution is -2.36. The smallest absolute Gasteiger partial charge is 0.305 e. The second-order valence-corrected chi connectivity index (χ2v) is 4.46. The second-order valence-electron chi connectivity index (χ2n) is 4.46. The average molecular weight is 266 g/mol. The largest absolute Gasteiger partial charge is 0.481 e. The van der Waals surface area contributed by atoms with Crippen LogP contribution in [0.15, 0.2) is 12.3 Å². The fraction of sp³-hybridized carbons (Fsp3) is 0.462. The Morgan fingerprint density at radius 1 is 1.42 bits per heavy atom. The van der Waals surface area contributed by atoms with Crippen molar-refractivity contribution in [1.29, 1.82) is 0 Å². The number of aromatic nitrogens is 1. The van der Waals surface area contributed by atoms with E-state index in [1.54, 1.807) is 24.7 Å². The molecule has 0 bridgehead atoms. The van der Waals surface area contributed by atoms with Crippen LogP contribution in [0.1, 0.15) is 47.5 Å². The van der Waals surface area contributed by atoms with Crippen molar-refractivity contribution in [2.24, 2.45) is 7.05 Å². The van der Waals surface area contributed by atoms with Crippen LogP contribution >= 0.6 is 0 Å². The van der Waals surface area contributed by atoms with E-state index in [1.165, 1.54) is 13.0 Å². The van der Waals surface area contributed by atoms with E-state index < -0.39 is 12.0 Å². The number of nitrogens with zero attached hydrogens (tertiary/aromatic N) is 1. The van der Waals surface area contributed by atoms with E-state index in [1.807, 2.05) is 0 Å². The number of aryl methyl sites for hydroxylation is 1. The monoisotopic (exact) mass is 266 g/mol. The van der Waals surface area contributed by atoms with Crippen LogP contribution in [0.5, 0.6) is 0 Å². The number of carboxylic acid groups (broad SMARTS) is 1. The van der Waals surface area contributed by atoms with E-state index in [9.17, 15) is 14.4 Å². The van der Waals surface area contributed by atoms with Gasteiger partial charge < -0.3 is 15.0 Å². The highest BCUT2D eigenvalue weighted by molar-refractivity contribution is 5.99. The molecule has 0 aliphatic rings. The van der Waals surface area contributed by atoms with Crippen LogP contribution < -0.4 is 5.32 Å². The Kier molecular flexibility index (Phi) is 4.86. The van der Waals surface area contributed by atoms with Gasteiger partial charge in [-0.1, -0.05) is 6.92 Å². The lowest BCUT2D eigenvalue weighted by molar-refractivity contribution is -0.137. The molecule has 1 heterocycles. The molecule has 0 saturated carbocycles. The van der Waals surface area contributed by atoms with Crippen molar-refractivity contribution in [3.63, 3.8) is 0 Å². The Balaban J connectivity index is 2.82. The molecule has 1 amide bonds. The third-order valence-electron chi connectivity index (χ3n) is 2.89. The predicted octanol–water partition coefficient (Wildman–Crippen LogP) is 1.21. The van der Waals surface area contributed by atoms with Gasteiger partial charge in [0.15, 0.2) is 5.78 Å². The third-order valence-corrected chi connectivity index (χ3v) is 2.89. The van der Waals surface area contributed by atoms with Crippen molar-refractivity contribution in [3.8, 4) is 0 Å². The number of ketones is 1. The number of carbonyl (C=O) groups is 3. The van der Waals surface area contributed by atoms with E-state index in [-0.39, 0.29) is 18.1 Å². The predicted molar refractivity (Wildman–Crippen MR) is 69.2 cm³/mol. The number of carboxylic acids is 1. The van der Waals surface area contributed by atoms with Crippen LogP contribution in [0.2, 0.25) is 0 Å². The number of rotatable bonds is 6. The number of hydrogen-bond acceptors (Lipinski definition) is 3. The summed E-state index contributed by atoms with van der Waals surface area (Å²) in [7, 11) is 1.67. The van der Waals surface area contributed by atoms with E-state index in [4.69, 9.17) is 5.11 Å². The van der Waals surface area contributed by atoms with Crippen molar-refractivity contribution in [1.82, 2.24) is 9.88 Å². The average Bonchev–Trinajstić information content (AvgIpc) is 2.70. The van der Waals surface area contributed by atoms with Crippen molar-refractivity contribution >= 4 is 17.7 Å². The first-order chi connectivity index (χ1) is 8.85. The summed E-state index contributed by atoms with van der Waals surface area (Å²) in [5.41, 5.74) is 0.799. The Bertz CT molecular complexity index is 505. The van der Waals surface area contributed by atoms with Gasteiger partial charge in [-0.05, 0) is 19.4 Å². The summed E-state index contributed by atoms with van der Waals surface area (Å²) < 4.78 is 1.56. The summed E-state index contributed by atoms with van der Waals surface area (Å²) in [5, 5.41) is 11.4. The lowest BCUT2D eigenvalue weighted by atomic mass is 10.1. The Morgan fingerprint density at radius 2 is 2.05 bits per heavy atom. The zero-order valence-electron chi connectivity index (χ0n) is 11.3. The van der Waals surface area contributed by atoms with Crippen LogP contribution in [-0.4, -0.2) is 33.4 Å². The van der Waals surface area contributed by atoms with Gasteiger partial charge in [-0.15, -0.1) is 0 Å². The minimum atomic E-state index is -0.955. The van der Waals surface area contributed by atoms with Crippen LogP contribution in [0.3, 0.4) is 0 Å². The molecule has 1 aromatic heterocycles. The van der Waals surface area contributed by atoms with Gasteiger partial charge in [0.05, 0.1) is 6.42 Å². The first-order valence-corrected chi connectivity index (χ1v) is 6.05. The maximum atomic E-state index is 12.0. The molecule has 0 aliphatic carbocycles. The molecular formula is C13H18N2O4. The van der Waals surface area contributed by atoms with Crippen LogP contribution in [0.4, 0.5) is 0 Å². The Hall–Kier alpha value is -2.11. The van der Waals surface area contributed by atoms with Crippen molar-refractivity contribution in [2.75, 3.05) is 0 Å². The van der Waals surface area contributed by atoms with Crippen LogP contribution in [-0.2, 0) is 11.8 Å². The maximum Gasteiger partial charge on any atom is 0.305 e. The molecular weight excluding hydrogens is 248 g/mol. The molecule has 1 aromatic rings. The molecule has 1 atom stereocenters. The van der Waals surface area contributed by atoms with Crippen LogP contribution in [0.25, 0.3) is 0 Å². The molecule has 0 saturated heterocycles. The lowest BCUT2D eigenvalue weighted by Gasteiger charge is -2.14. The topological polar surface area (TPSA) is 88.4 Å². The molecule has 0 spiro atoms. The van der Waals surface area contributed by atoms with Crippen molar-refractivity contribution < 1.29 is 19.5 Å². The van der Waals surface area contributed by atoms with Gasteiger partial charge >= 0.3 is 5.97 Å². The molecule has 2 N–H and O–H groups in total. The molecule has 1 rings (SSSR count). The summed E-state index contributed by atoms with van der Waals surface area (Å²) in [6.07, 6.45) is 1.99. The fourth-order valence-electron chi connectivity index (χ4n) is 1.75.